The van der Waals surface area contributed by atoms with Crippen LogP contribution >= 0.6 is 11.8 Å². The molecular weight excluding hydrogens is 418 g/mol. The molecule has 1 aliphatic rings. The lowest BCUT2D eigenvalue weighted by atomic mass is 10.1. The first-order chi connectivity index (χ1) is 15.7. The minimum Gasteiger partial charge on any atom is -0.497 e. The summed E-state index contributed by atoms with van der Waals surface area (Å²) in [7, 11) is 1.65. The van der Waals surface area contributed by atoms with Gasteiger partial charge < -0.3 is 4.74 Å². The van der Waals surface area contributed by atoms with Gasteiger partial charge in [0.1, 0.15) is 5.75 Å². The van der Waals surface area contributed by atoms with Crippen molar-refractivity contribution in [2.45, 2.75) is 38.0 Å². The first kappa shape index (κ1) is 22.1. The molecule has 1 amide bonds. The zero-order chi connectivity index (χ0) is 22.3. The van der Waals surface area contributed by atoms with E-state index in [4.69, 9.17) is 4.74 Å². The zero-order valence-corrected chi connectivity index (χ0v) is 19.2. The van der Waals surface area contributed by atoms with Gasteiger partial charge in [-0.3, -0.25) is 9.69 Å². The van der Waals surface area contributed by atoms with Gasteiger partial charge in [-0.1, -0.05) is 86.1 Å². The van der Waals surface area contributed by atoms with Gasteiger partial charge >= 0.3 is 0 Å². The van der Waals surface area contributed by atoms with Crippen LogP contribution in [0.15, 0.2) is 76.9 Å². The highest BCUT2D eigenvalue weighted by Gasteiger charge is 2.37. The Bertz CT molecular complexity index is 1140. The second-order valence-electron chi connectivity index (χ2n) is 7.72. The zero-order valence-electron chi connectivity index (χ0n) is 18.4. The Labute approximate surface area is 193 Å². The maximum Gasteiger partial charge on any atom is 0.242 e. The van der Waals surface area contributed by atoms with Crippen molar-refractivity contribution in [1.29, 1.82) is 0 Å². The number of carbonyl (C=O) groups is 1. The van der Waals surface area contributed by atoms with Crippen molar-refractivity contribution in [3.63, 3.8) is 0 Å². The van der Waals surface area contributed by atoms with Crippen molar-refractivity contribution in [3.05, 3.63) is 77.9 Å². The number of carbonyl (C=O) groups excluding carboxylic acids is 1. The summed E-state index contributed by atoms with van der Waals surface area (Å²) in [5, 5.41) is 11.7. The van der Waals surface area contributed by atoms with E-state index in [9.17, 15) is 4.79 Å². The number of nitrogens with zero attached hydrogens (tertiary/aromatic N) is 3. The van der Waals surface area contributed by atoms with E-state index in [2.05, 4.69) is 35.3 Å². The maximum atomic E-state index is 13.1. The van der Waals surface area contributed by atoms with Crippen molar-refractivity contribution in [2.24, 2.45) is 10.2 Å². The average molecular weight is 446 g/mol. The molecule has 3 aromatic rings. The van der Waals surface area contributed by atoms with Crippen LogP contribution in [0.3, 0.4) is 0 Å². The molecule has 164 valence electrons. The molecule has 5 nitrogen and oxygen atoms in total. The number of amidine groups is 1. The van der Waals surface area contributed by atoms with Crippen molar-refractivity contribution < 1.29 is 9.53 Å². The maximum absolute atomic E-state index is 13.1. The second kappa shape index (κ2) is 10.5. The summed E-state index contributed by atoms with van der Waals surface area (Å²) in [5.74, 6) is 0.906. The van der Waals surface area contributed by atoms with Crippen LogP contribution in [0.25, 0.3) is 10.8 Å². The van der Waals surface area contributed by atoms with E-state index in [-0.39, 0.29) is 11.2 Å². The second-order valence-corrected chi connectivity index (χ2v) is 8.89. The number of thioether (sulfide) groups is 1. The third-order valence-electron chi connectivity index (χ3n) is 5.50. The quantitative estimate of drug-likeness (QED) is 0.322. The number of ether oxygens (including phenoxy) is 1. The normalized spacial score (nSPS) is 17.7. The van der Waals surface area contributed by atoms with Crippen LogP contribution in [0.5, 0.6) is 5.75 Å². The molecule has 0 unspecified atom stereocenters. The van der Waals surface area contributed by atoms with Crippen LogP contribution < -0.4 is 4.74 Å². The molecule has 1 heterocycles. The van der Waals surface area contributed by atoms with Crippen molar-refractivity contribution >= 4 is 39.8 Å². The summed E-state index contributed by atoms with van der Waals surface area (Å²) in [5.41, 5.74) is 2.03. The topological polar surface area (TPSA) is 54.3 Å². The van der Waals surface area contributed by atoms with Crippen molar-refractivity contribution in [1.82, 2.24) is 4.90 Å². The number of benzene rings is 3. The molecule has 0 N–H and O–H groups in total. The fraction of sp³-hybridized carbons (Fsp3) is 0.269. The Hall–Kier alpha value is -3.12. The van der Waals surface area contributed by atoms with Gasteiger partial charge in [0.15, 0.2) is 5.17 Å². The van der Waals surface area contributed by atoms with E-state index in [0.717, 1.165) is 46.9 Å². The monoisotopic (exact) mass is 445 g/mol. The predicted molar refractivity (Wildman–Crippen MR) is 133 cm³/mol. The Morgan fingerprint density at radius 1 is 1.06 bits per heavy atom. The average Bonchev–Trinajstić information content (AvgIpc) is 3.12. The van der Waals surface area contributed by atoms with Crippen LogP contribution in [-0.4, -0.2) is 34.5 Å². The summed E-state index contributed by atoms with van der Waals surface area (Å²) >= 11 is 1.52. The van der Waals surface area contributed by atoms with Crippen LogP contribution in [-0.2, 0) is 11.3 Å². The first-order valence-electron chi connectivity index (χ1n) is 10.9. The molecule has 6 heteroatoms. The van der Waals surface area contributed by atoms with Gasteiger partial charge in [-0.25, -0.2) is 0 Å². The van der Waals surface area contributed by atoms with Gasteiger partial charge in [-0.05, 0) is 34.9 Å². The summed E-state index contributed by atoms with van der Waals surface area (Å²) in [6.45, 7) is 2.61. The van der Waals surface area contributed by atoms with Gasteiger partial charge in [0.2, 0.25) is 5.91 Å². The highest BCUT2D eigenvalue weighted by atomic mass is 32.2. The van der Waals surface area contributed by atoms with E-state index < -0.39 is 0 Å². The molecule has 0 bridgehead atoms. The van der Waals surface area contributed by atoms with Gasteiger partial charge in [-0.15, -0.1) is 5.10 Å². The standard InChI is InChI=1S/C26H27N3O2S/c1-3-4-12-24-25(30)29(18-19-13-15-22(31-2)16-14-19)26(32-24)28-27-17-21-10-7-9-20-8-5-6-11-23(20)21/h5-11,13-17,24H,3-4,12,18H2,1-2H3/b27-17-,28-26+/t24-/m1/s1. The minimum absolute atomic E-state index is 0.0975. The van der Waals surface area contributed by atoms with E-state index in [1.165, 1.54) is 11.8 Å². The Morgan fingerprint density at radius 2 is 1.84 bits per heavy atom. The van der Waals surface area contributed by atoms with Gasteiger partial charge in [-0.2, -0.15) is 5.10 Å². The van der Waals surface area contributed by atoms with Gasteiger partial charge in [0, 0.05) is 5.56 Å². The van der Waals surface area contributed by atoms with E-state index in [1.807, 2.05) is 48.5 Å². The number of methoxy groups -OCH3 is 1. The number of fused-ring (bicyclic) bond motifs is 1. The molecule has 32 heavy (non-hydrogen) atoms. The molecule has 0 aromatic heterocycles. The third kappa shape index (κ3) is 5.02. The van der Waals surface area contributed by atoms with Crippen molar-refractivity contribution in [2.75, 3.05) is 7.11 Å². The summed E-state index contributed by atoms with van der Waals surface area (Å²) < 4.78 is 5.24. The van der Waals surface area contributed by atoms with Gasteiger partial charge in [0.05, 0.1) is 25.1 Å². The lowest BCUT2D eigenvalue weighted by molar-refractivity contribution is -0.126. The minimum atomic E-state index is -0.0975. The molecule has 1 aliphatic heterocycles. The molecule has 0 saturated carbocycles. The largest absolute Gasteiger partial charge is 0.497 e. The van der Waals surface area contributed by atoms with Crippen LogP contribution in [0, 0.1) is 0 Å². The number of unbranched alkanes of at least 4 members (excludes halogenated alkanes) is 1. The number of rotatable bonds is 8. The predicted octanol–water partition coefficient (Wildman–Crippen LogP) is 5.87. The fourth-order valence-electron chi connectivity index (χ4n) is 3.72. The summed E-state index contributed by atoms with van der Waals surface area (Å²) in [6, 6.07) is 22.1. The summed E-state index contributed by atoms with van der Waals surface area (Å²) in [6.07, 6.45) is 4.71. The van der Waals surface area contributed by atoms with Crippen LogP contribution in [0.4, 0.5) is 0 Å². The Morgan fingerprint density at radius 3 is 2.62 bits per heavy atom. The lowest BCUT2D eigenvalue weighted by Crippen LogP contribution is -2.31. The van der Waals surface area contributed by atoms with E-state index in [1.54, 1.807) is 18.2 Å². The molecule has 3 aromatic carbocycles. The third-order valence-corrected chi connectivity index (χ3v) is 6.74. The summed E-state index contributed by atoms with van der Waals surface area (Å²) in [4.78, 5) is 14.9. The molecule has 1 atom stereocenters. The Balaban J connectivity index is 1.58. The Kier molecular flexibility index (Phi) is 7.22. The number of hydrogen-bond acceptors (Lipinski definition) is 5. The molecule has 0 radical (unpaired) electrons. The van der Waals surface area contributed by atoms with E-state index in [0.29, 0.717) is 11.7 Å². The van der Waals surface area contributed by atoms with E-state index >= 15 is 0 Å². The first-order valence-corrected chi connectivity index (χ1v) is 11.8. The highest BCUT2D eigenvalue weighted by molar-refractivity contribution is 8.15. The molecule has 0 spiro atoms. The molecule has 4 rings (SSSR count). The molecule has 1 fully saturated rings. The fourth-order valence-corrected chi connectivity index (χ4v) is 4.86. The van der Waals surface area contributed by atoms with Crippen LogP contribution in [0.2, 0.25) is 0 Å². The SMILES string of the molecule is CCCC[C@H]1S/C(=N/N=C\c2cccc3ccccc23)N(Cc2ccc(OC)cc2)C1=O. The molecular formula is C26H27N3O2S. The molecule has 1 saturated heterocycles. The molecule has 0 aliphatic carbocycles. The van der Waals surface area contributed by atoms with Crippen LogP contribution in [0.1, 0.15) is 37.3 Å². The van der Waals surface area contributed by atoms with Gasteiger partial charge in [0.25, 0.3) is 0 Å². The smallest absolute Gasteiger partial charge is 0.242 e. The van der Waals surface area contributed by atoms with Crippen molar-refractivity contribution in [3.8, 4) is 5.75 Å². The number of hydrogen-bond donors (Lipinski definition) is 0. The number of amides is 1. The lowest BCUT2D eigenvalue weighted by Gasteiger charge is -2.16. The highest BCUT2D eigenvalue weighted by Crippen LogP contribution is 2.32.